The van der Waals surface area contributed by atoms with E-state index in [1.165, 1.54) is 44.5 Å². The Labute approximate surface area is 221 Å². The lowest BCUT2D eigenvalue weighted by Gasteiger charge is -2.41. The maximum absolute atomic E-state index is 14.6. The van der Waals surface area contributed by atoms with Crippen molar-refractivity contribution in [1.82, 2.24) is 14.8 Å². The number of ketones is 2. The molecule has 0 saturated heterocycles. The van der Waals surface area contributed by atoms with Crippen LogP contribution in [-0.4, -0.2) is 58.4 Å². The van der Waals surface area contributed by atoms with Gasteiger partial charge in [0.1, 0.15) is 34.5 Å². The van der Waals surface area contributed by atoms with Gasteiger partial charge in [0.25, 0.3) is 0 Å². The second kappa shape index (κ2) is 8.38. The Morgan fingerprint density at radius 3 is 2.53 bits per heavy atom. The zero-order chi connectivity index (χ0) is 26.9. The molecule has 3 atom stereocenters. The number of allylic oxidation sites excluding steroid dienone is 1. The number of aromatic hydroxyl groups is 1. The molecule has 0 fully saturated rings. The highest BCUT2D eigenvalue weighted by atomic mass is 35.5. The van der Waals surface area contributed by atoms with Crippen LogP contribution in [0.5, 0.6) is 28.7 Å². The molecule has 11 nitrogen and oxygen atoms in total. The van der Waals surface area contributed by atoms with Crippen molar-refractivity contribution < 1.29 is 33.6 Å². The highest BCUT2D eigenvalue weighted by Gasteiger charge is 2.63. The number of aromatic nitrogens is 3. The number of Topliss-reactive ketones (excluding diaryl/α,β-unsaturated/α-hetero) is 2. The van der Waals surface area contributed by atoms with E-state index >= 15 is 0 Å². The fourth-order valence-corrected chi connectivity index (χ4v) is 5.84. The summed E-state index contributed by atoms with van der Waals surface area (Å²) in [5, 5.41) is 18.1. The molecule has 0 amide bonds. The lowest BCUT2D eigenvalue weighted by Crippen LogP contribution is -2.58. The Bertz CT molecular complexity index is 1570. The van der Waals surface area contributed by atoms with Gasteiger partial charge in [-0.25, -0.2) is 4.68 Å². The minimum absolute atomic E-state index is 0.0426. The normalized spacial score (nSPS) is 23.4. The summed E-state index contributed by atoms with van der Waals surface area (Å²) in [4.78, 5) is 33.0. The predicted octanol–water partition coefficient (Wildman–Crippen LogP) is 3.55. The summed E-state index contributed by atoms with van der Waals surface area (Å²) in [7, 11) is 4.29. The van der Waals surface area contributed by atoms with Gasteiger partial charge in [-0.2, -0.15) is 10.1 Å². The first-order chi connectivity index (χ1) is 18.3. The summed E-state index contributed by atoms with van der Waals surface area (Å²) in [6, 6.07) is 5.51. The van der Waals surface area contributed by atoms with Gasteiger partial charge >= 0.3 is 0 Å². The molecule has 0 radical (unpaired) electrons. The number of rotatable bonds is 4. The van der Waals surface area contributed by atoms with E-state index in [1.807, 2.05) is 0 Å². The van der Waals surface area contributed by atoms with E-state index < -0.39 is 29.1 Å². The minimum Gasteiger partial charge on any atom is -0.504 e. The number of nitrogens with one attached hydrogen (secondary N) is 1. The molecular formula is C26H23ClN4O7. The molecule has 38 heavy (non-hydrogen) atoms. The van der Waals surface area contributed by atoms with Gasteiger partial charge in [0.15, 0.2) is 17.2 Å². The van der Waals surface area contributed by atoms with E-state index in [-0.39, 0.29) is 44.9 Å². The summed E-state index contributed by atoms with van der Waals surface area (Å²) in [6.07, 6.45) is 1.66. The Morgan fingerprint density at radius 2 is 1.84 bits per heavy atom. The molecular weight excluding hydrogens is 516 g/mol. The van der Waals surface area contributed by atoms with Crippen molar-refractivity contribution in [2.75, 3.05) is 26.6 Å². The Morgan fingerprint density at radius 1 is 1.11 bits per heavy atom. The predicted molar refractivity (Wildman–Crippen MR) is 135 cm³/mol. The molecule has 2 aliphatic heterocycles. The molecule has 2 aromatic carbocycles. The molecule has 0 saturated carbocycles. The quantitative estimate of drug-likeness (QED) is 0.475. The van der Waals surface area contributed by atoms with Crippen LogP contribution in [0.25, 0.3) is 0 Å². The number of nitrogens with zero attached hydrogens (tertiary/aromatic N) is 3. The van der Waals surface area contributed by atoms with Gasteiger partial charge in [0, 0.05) is 23.3 Å². The highest BCUT2D eigenvalue weighted by Crippen LogP contribution is 2.55. The smallest absolute Gasteiger partial charge is 0.236 e. The van der Waals surface area contributed by atoms with Crippen LogP contribution in [0.4, 0.5) is 5.95 Å². The molecule has 1 aromatic heterocycles. The molecule has 1 spiro atoms. The minimum atomic E-state index is -1.89. The lowest BCUT2D eigenvalue weighted by molar-refractivity contribution is -0.130. The molecule has 6 rings (SSSR count). The third kappa shape index (κ3) is 3.02. The van der Waals surface area contributed by atoms with Crippen LogP contribution in [0, 0.1) is 5.92 Å². The van der Waals surface area contributed by atoms with Crippen molar-refractivity contribution in [1.29, 1.82) is 0 Å². The number of methoxy groups -OCH3 is 3. The second-order valence-corrected chi connectivity index (χ2v) is 9.66. The first-order valence-electron chi connectivity index (χ1n) is 11.8. The average Bonchev–Trinajstić information content (AvgIpc) is 3.50. The monoisotopic (exact) mass is 538 g/mol. The topological polar surface area (TPSA) is 134 Å². The van der Waals surface area contributed by atoms with E-state index in [9.17, 15) is 14.7 Å². The van der Waals surface area contributed by atoms with Gasteiger partial charge in [-0.1, -0.05) is 24.6 Å². The highest BCUT2D eigenvalue weighted by molar-refractivity contribution is 6.36. The summed E-state index contributed by atoms with van der Waals surface area (Å²) in [6.45, 7) is 1.78. The zero-order valence-electron chi connectivity index (χ0n) is 20.9. The SMILES string of the molecule is COc1ccc(C2C3=C(CC(C)C4(Oc5c(Cl)c(OC)cc(OC)c5C4=O)C3=O)Nc3ncnn32)cc1O. The number of anilines is 1. The molecule has 12 heteroatoms. The molecule has 3 heterocycles. The number of hydrogen-bond acceptors (Lipinski definition) is 10. The maximum Gasteiger partial charge on any atom is 0.236 e. The Kier molecular flexibility index (Phi) is 5.32. The van der Waals surface area contributed by atoms with Crippen LogP contribution in [0.3, 0.4) is 0 Å². The standard InChI is InChI=1S/C26H23ClN4O7/c1-11-7-13-18(21(31-25(30-13)28-10-29-31)12-5-6-15(35-2)14(32)8-12)23(33)26(11)24(34)19-16(36-3)9-17(37-4)20(27)22(19)38-26/h5-6,8-11,21,32H,7H2,1-4H3,(H,28,29,30). The van der Waals surface area contributed by atoms with Crippen molar-refractivity contribution in [3.63, 3.8) is 0 Å². The summed E-state index contributed by atoms with van der Waals surface area (Å²) < 4.78 is 23.8. The van der Waals surface area contributed by atoms with Crippen molar-refractivity contribution in [3.8, 4) is 28.7 Å². The van der Waals surface area contributed by atoms with Gasteiger partial charge in [0.2, 0.25) is 23.1 Å². The number of benzene rings is 2. The number of phenolic OH excluding ortho intramolecular Hbond substituents is 1. The van der Waals surface area contributed by atoms with E-state index in [1.54, 1.807) is 19.1 Å². The van der Waals surface area contributed by atoms with Gasteiger partial charge < -0.3 is 29.4 Å². The van der Waals surface area contributed by atoms with Crippen LogP contribution in [0.15, 0.2) is 41.9 Å². The molecule has 2 N–H and O–H groups in total. The fourth-order valence-electron chi connectivity index (χ4n) is 5.57. The zero-order valence-corrected chi connectivity index (χ0v) is 21.6. The van der Waals surface area contributed by atoms with E-state index in [0.717, 1.165) is 0 Å². The van der Waals surface area contributed by atoms with Crippen LogP contribution >= 0.6 is 11.6 Å². The first-order valence-corrected chi connectivity index (χ1v) is 12.1. The van der Waals surface area contributed by atoms with Crippen LogP contribution in [0.2, 0.25) is 5.02 Å². The largest absolute Gasteiger partial charge is 0.504 e. The third-order valence-corrected chi connectivity index (χ3v) is 7.76. The number of carbonyl (C=O) groups excluding carboxylic acids is 2. The number of carbonyl (C=O) groups is 2. The van der Waals surface area contributed by atoms with Crippen LogP contribution < -0.4 is 24.3 Å². The van der Waals surface area contributed by atoms with Crippen LogP contribution in [-0.2, 0) is 4.79 Å². The first kappa shape index (κ1) is 24.1. The van der Waals surface area contributed by atoms with Gasteiger partial charge in [0.05, 0.1) is 21.3 Å². The number of ether oxygens (including phenoxy) is 4. The number of fused-ring (bicyclic) bond motifs is 2. The maximum atomic E-state index is 14.6. The van der Waals surface area contributed by atoms with Crippen molar-refractivity contribution in [3.05, 3.63) is 58.0 Å². The second-order valence-electron chi connectivity index (χ2n) is 9.28. The van der Waals surface area contributed by atoms with E-state index in [0.29, 0.717) is 23.6 Å². The number of hydrogen-bond donors (Lipinski definition) is 2. The van der Waals surface area contributed by atoms with E-state index in [4.69, 9.17) is 30.5 Å². The Hall–Kier alpha value is -4.25. The molecule has 3 unspecified atom stereocenters. The average molecular weight is 539 g/mol. The summed E-state index contributed by atoms with van der Waals surface area (Å²) >= 11 is 6.55. The molecule has 196 valence electrons. The van der Waals surface area contributed by atoms with Crippen molar-refractivity contribution >= 4 is 29.1 Å². The molecule has 1 aliphatic carbocycles. The summed E-state index contributed by atoms with van der Waals surface area (Å²) in [5.74, 6) is -0.582. The molecule has 0 bridgehead atoms. The number of halogens is 1. The van der Waals surface area contributed by atoms with E-state index in [2.05, 4.69) is 15.4 Å². The van der Waals surface area contributed by atoms with Gasteiger partial charge in [-0.05, 0) is 24.1 Å². The van der Waals surface area contributed by atoms with Crippen molar-refractivity contribution in [2.45, 2.75) is 25.0 Å². The Balaban J connectivity index is 1.53. The molecule has 3 aliphatic rings. The lowest BCUT2D eigenvalue weighted by atomic mass is 9.69. The van der Waals surface area contributed by atoms with Gasteiger partial charge in [-0.15, -0.1) is 0 Å². The third-order valence-electron chi connectivity index (χ3n) is 7.40. The fraction of sp³-hybridized carbons (Fsp3) is 0.308. The van der Waals surface area contributed by atoms with Crippen molar-refractivity contribution in [2.24, 2.45) is 5.92 Å². The number of phenols is 1. The van der Waals surface area contributed by atoms with Gasteiger partial charge in [-0.3, -0.25) is 9.59 Å². The van der Waals surface area contributed by atoms with Crippen LogP contribution in [0.1, 0.15) is 35.3 Å². The summed E-state index contributed by atoms with van der Waals surface area (Å²) in [5.41, 5.74) is -0.392. The molecule has 3 aromatic rings.